The second-order valence-electron chi connectivity index (χ2n) is 6.45. The molecule has 7 nitrogen and oxygen atoms in total. The summed E-state index contributed by atoms with van der Waals surface area (Å²) in [7, 11) is -3.79. The lowest BCUT2D eigenvalue weighted by Crippen LogP contribution is -2.26. The number of H-pyrrole nitrogens is 1. The standard InChI is InChI=1S/C19H21N3O4S/c23-27(24,18-12-21-19-15(18)7-5-10-20-19)22-16-8-1-2-9-17(16)26-13-14-6-3-4-11-25-14/h1-2,5,7-10,12,14,22H,3-4,6,11,13H2,(H,20,21)/t14-/m0/s1. The van der Waals surface area contributed by atoms with Crippen LogP contribution >= 0.6 is 0 Å². The number of benzene rings is 1. The van der Waals surface area contributed by atoms with E-state index in [0.29, 0.717) is 29.1 Å². The van der Waals surface area contributed by atoms with Crippen molar-refractivity contribution in [1.29, 1.82) is 0 Å². The Hall–Kier alpha value is -2.58. The average Bonchev–Trinajstić information content (AvgIpc) is 3.13. The molecule has 1 aliphatic rings. The van der Waals surface area contributed by atoms with Crippen molar-refractivity contribution in [2.45, 2.75) is 30.3 Å². The van der Waals surface area contributed by atoms with Crippen molar-refractivity contribution in [1.82, 2.24) is 9.97 Å². The van der Waals surface area contributed by atoms with Crippen LogP contribution in [0.5, 0.6) is 5.75 Å². The number of nitrogens with one attached hydrogen (secondary N) is 2. The van der Waals surface area contributed by atoms with Gasteiger partial charge in [0.2, 0.25) is 0 Å². The fourth-order valence-corrected chi connectivity index (χ4v) is 4.39. The maximum Gasteiger partial charge on any atom is 0.264 e. The van der Waals surface area contributed by atoms with Crippen LogP contribution in [0.1, 0.15) is 19.3 Å². The van der Waals surface area contributed by atoms with Gasteiger partial charge in [-0.05, 0) is 43.5 Å². The van der Waals surface area contributed by atoms with Crippen LogP contribution < -0.4 is 9.46 Å². The molecule has 0 amide bonds. The number of fused-ring (bicyclic) bond motifs is 1. The van der Waals surface area contributed by atoms with E-state index in [1.807, 2.05) is 6.07 Å². The number of ether oxygens (including phenoxy) is 2. The highest BCUT2D eigenvalue weighted by Crippen LogP contribution is 2.29. The van der Waals surface area contributed by atoms with Gasteiger partial charge >= 0.3 is 0 Å². The highest BCUT2D eigenvalue weighted by atomic mass is 32.2. The summed E-state index contributed by atoms with van der Waals surface area (Å²) < 4.78 is 39.9. The molecule has 1 aliphatic heterocycles. The number of sulfonamides is 1. The normalized spacial score (nSPS) is 17.7. The lowest BCUT2D eigenvalue weighted by atomic mass is 10.1. The molecule has 4 rings (SSSR count). The third-order valence-electron chi connectivity index (χ3n) is 4.53. The van der Waals surface area contributed by atoms with E-state index in [2.05, 4.69) is 14.7 Å². The van der Waals surface area contributed by atoms with E-state index in [9.17, 15) is 8.42 Å². The maximum atomic E-state index is 12.9. The van der Waals surface area contributed by atoms with E-state index in [4.69, 9.17) is 9.47 Å². The highest BCUT2D eigenvalue weighted by Gasteiger charge is 2.21. The van der Waals surface area contributed by atoms with E-state index in [-0.39, 0.29) is 11.0 Å². The second-order valence-corrected chi connectivity index (χ2v) is 8.10. The molecule has 3 heterocycles. The molecule has 0 saturated carbocycles. The molecule has 1 saturated heterocycles. The van der Waals surface area contributed by atoms with E-state index in [1.54, 1.807) is 36.5 Å². The minimum Gasteiger partial charge on any atom is -0.489 e. The summed E-state index contributed by atoms with van der Waals surface area (Å²) in [6, 6.07) is 10.4. The zero-order valence-electron chi connectivity index (χ0n) is 14.7. The zero-order chi connectivity index (χ0) is 18.7. The van der Waals surface area contributed by atoms with Gasteiger partial charge in [-0.3, -0.25) is 4.72 Å². The van der Waals surface area contributed by atoms with E-state index in [1.165, 1.54) is 6.20 Å². The number of pyridine rings is 1. The molecule has 2 N–H and O–H groups in total. The predicted molar refractivity (Wildman–Crippen MR) is 102 cm³/mol. The summed E-state index contributed by atoms with van der Waals surface area (Å²) in [4.78, 5) is 7.17. The fraction of sp³-hybridized carbons (Fsp3) is 0.316. The van der Waals surface area contributed by atoms with E-state index in [0.717, 1.165) is 25.9 Å². The van der Waals surface area contributed by atoms with Crippen LogP contribution in [0, 0.1) is 0 Å². The Morgan fingerprint density at radius 2 is 2.11 bits per heavy atom. The Labute approximate surface area is 157 Å². The van der Waals surface area contributed by atoms with Gasteiger partial charge in [-0.2, -0.15) is 0 Å². The number of aromatic nitrogens is 2. The molecule has 1 atom stereocenters. The predicted octanol–water partition coefficient (Wildman–Crippen LogP) is 3.31. The van der Waals surface area contributed by atoms with Gasteiger partial charge in [0.1, 0.15) is 22.9 Å². The summed E-state index contributed by atoms with van der Waals surface area (Å²) in [5.41, 5.74) is 0.920. The third kappa shape index (κ3) is 3.91. The highest BCUT2D eigenvalue weighted by molar-refractivity contribution is 7.93. The van der Waals surface area contributed by atoms with E-state index >= 15 is 0 Å². The van der Waals surface area contributed by atoms with Crippen LogP contribution in [0.15, 0.2) is 53.7 Å². The molecule has 1 aromatic carbocycles. The average molecular weight is 387 g/mol. The number of rotatable bonds is 6. The van der Waals surface area contributed by atoms with Crippen LogP contribution in [0.2, 0.25) is 0 Å². The van der Waals surface area contributed by atoms with Gasteiger partial charge in [0.25, 0.3) is 10.0 Å². The van der Waals surface area contributed by atoms with Gasteiger partial charge in [-0.1, -0.05) is 12.1 Å². The van der Waals surface area contributed by atoms with Crippen molar-refractivity contribution in [3.05, 3.63) is 48.8 Å². The molecule has 2 aromatic heterocycles. The molecule has 0 unspecified atom stereocenters. The number of aromatic amines is 1. The SMILES string of the molecule is O=S(=O)(Nc1ccccc1OC[C@@H]1CCCCO1)c1c[nH]c2ncccc12. The number of para-hydroxylation sites is 2. The molecule has 3 aromatic rings. The first-order chi connectivity index (χ1) is 13.1. The Bertz CT molecular complexity index is 1030. The molecular formula is C19H21N3O4S. The minimum absolute atomic E-state index is 0.0445. The van der Waals surface area contributed by atoms with Crippen molar-refractivity contribution >= 4 is 26.7 Å². The molecule has 1 fully saturated rings. The summed E-state index contributed by atoms with van der Waals surface area (Å²) in [5.74, 6) is 0.480. The molecular weight excluding hydrogens is 366 g/mol. The molecule has 27 heavy (non-hydrogen) atoms. The van der Waals surface area contributed by atoms with Crippen molar-refractivity contribution in [2.24, 2.45) is 0 Å². The van der Waals surface area contributed by atoms with E-state index < -0.39 is 10.0 Å². The minimum atomic E-state index is -3.79. The first-order valence-corrected chi connectivity index (χ1v) is 10.4. The summed E-state index contributed by atoms with van der Waals surface area (Å²) >= 11 is 0. The number of nitrogens with zero attached hydrogens (tertiary/aromatic N) is 1. The molecule has 0 spiro atoms. The molecule has 0 radical (unpaired) electrons. The van der Waals surface area contributed by atoms with Crippen LogP contribution in [-0.2, 0) is 14.8 Å². The Morgan fingerprint density at radius 1 is 1.22 bits per heavy atom. The summed E-state index contributed by atoms with van der Waals surface area (Å²) in [6.07, 6.45) is 6.25. The first-order valence-electron chi connectivity index (χ1n) is 8.92. The van der Waals surface area contributed by atoms with Crippen molar-refractivity contribution in [3.8, 4) is 5.75 Å². The van der Waals surface area contributed by atoms with Gasteiger partial charge in [0.05, 0.1) is 11.8 Å². The topological polar surface area (TPSA) is 93.3 Å². The monoisotopic (exact) mass is 387 g/mol. The van der Waals surface area contributed by atoms with Gasteiger partial charge in [-0.15, -0.1) is 0 Å². The largest absolute Gasteiger partial charge is 0.489 e. The third-order valence-corrected chi connectivity index (χ3v) is 5.94. The van der Waals surface area contributed by atoms with Gasteiger partial charge in [0.15, 0.2) is 0 Å². The zero-order valence-corrected chi connectivity index (χ0v) is 15.5. The Kier molecular flexibility index (Phi) is 5.00. The lowest BCUT2D eigenvalue weighted by molar-refractivity contribution is -0.0109. The smallest absolute Gasteiger partial charge is 0.264 e. The Morgan fingerprint density at radius 3 is 2.96 bits per heavy atom. The molecule has 142 valence electrons. The summed E-state index contributed by atoms with van der Waals surface area (Å²) in [6.45, 7) is 1.15. The number of hydrogen-bond acceptors (Lipinski definition) is 5. The maximum absolute atomic E-state index is 12.9. The first kappa shape index (κ1) is 17.8. The quantitative estimate of drug-likeness (QED) is 0.677. The number of anilines is 1. The Balaban J connectivity index is 1.55. The van der Waals surface area contributed by atoms with Crippen LogP contribution in [0.4, 0.5) is 5.69 Å². The second kappa shape index (κ2) is 7.58. The van der Waals surface area contributed by atoms with Gasteiger partial charge in [-0.25, -0.2) is 13.4 Å². The van der Waals surface area contributed by atoms with Crippen LogP contribution in [0.3, 0.4) is 0 Å². The molecule has 0 bridgehead atoms. The van der Waals surface area contributed by atoms with Gasteiger partial charge in [0, 0.05) is 24.4 Å². The fourth-order valence-electron chi connectivity index (χ4n) is 3.15. The van der Waals surface area contributed by atoms with Crippen molar-refractivity contribution in [2.75, 3.05) is 17.9 Å². The molecule has 8 heteroatoms. The number of hydrogen-bond donors (Lipinski definition) is 2. The van der Waals surface area contributed by atoms with Crippen molar-refractivity contribution in [3.63, 3.8) is 0 Å². The summed E-state index contributed by atoms with van der Waals surface area (Å²) in [5, 5.41) is 0.541. The van der Waals surface area contributed by atoms with Crippen LogP contribution in [-0.4, -0.2) is 37.7 Å². The lowest BCUT2D eigenvalue weighted by Gasteiger charge is -2.23. The molecule has 0 aliphatic carbocycles. The van der Waals surface area contributed by atoms with Crippen LogP contribution in [0.25, 0.3) is 11.0 Å². The van der Waals surface area contributed by atoms with Gasteiger partial charge < -0.3 is 14.5 Å². The van der Waals surface area contributed by atoms with Crippen molar-refractivity contribution < 1.29 is 17.9 Å².